The number of fused-ring (bicyclic) bond motifs is 1. The maximum absolute atomic E-state index is 12.5. The molecule has 1 aromatic rings. The summed E-state index contributed by atoms with van der Waals surface area (Å²) in [7, 11) is 0. The lowest BCUT2D eigenvalue weighted by Gasteiger charge is -2.19. The number of benzene rings is 1. The molecule has 2 fully saturated rings. The van der Waals surface area contributed by atoms with E-state index in [0.29, 0.717) is 30.0 Å². The van der Waals surface area contributed by atoms with E-state index in [1.54, 1.807) is 18.2 Å². The molecule has 1 aromatic carbocycles. The monoisotopic (exact) mass is 345 g/mol. The van der Waals surface area contributed by atoms with Gasteiger partial charge in [0.25, 0.3) is 5.91 Å². The van der Waals surface area contributed by atoms with Crippen molar-refractivity contribution >= 4 is 23.5 Å². The average molecular weight is 345 g/mol. The van der Waals surface area contributed by atoms with Crippen molar-refractivity contribution in [3.63, 3.8) is 0 Å². The van der Waals surface area contributed by atoms with Crippen molar-refractivity contribution in [2.75, 3.05) is 18.7 Å². The van der Waals surface area contributed by atoms with Crippen LogP contribution in [0.1, 0.15) is 32.1 Å². The second-order valence-electron chi connectivity index (χ2n) is 6.54. The molecule has 0 bridgehead atoms. The number of rotatable bonds is 4. The minimum absolute atomic E-state index is 0.0453. The van der Waals surface area contributed by atoms with E-state index in [0.717, 1.165) is 17.7 Å². The Morgan fingerprint density at radius 3 is 2.76 bits per heavy atom. The first-order chi connectivity index (χ1) is 12.1. The lowest BCUT2D eigenvalue weighted by atomic mass is 9.98. The van der Waals surface area contributed by atoms with Crippen LogP contribution in [0.15, 0.2) is 18.2 Å². The molecule has 1 spiro atoms. The highest BCUT2D eigenvalue weighted by Crippen LogP contribution is 2.35. The van der Waals surface area contributed by atoms with Crippen molar-refractivity contribution < 1.29 is 23.9 Å². The smallest absolute Gasteiger partial charge is 0.325 e. The molecule has 25 heavy (non-hydrogen) atoms. The van der Waals surface area contributed by atoms with Gasteiger partial charge in [0.2, 0.25) is 12.7 Å². The van der Waals surface area contributed by atoms with Gasteiger partial charge < -0.3 is 20.1 Å². The number of hydrogen-bond donors (Lipinski definition) is 2. The summed E-state index contributed by atoms with van der Waals surface area (Å²) in [5.41, 5.74) is -0.149. The number of nitrogens with zero attached hydrogens (tertiary/aromatic N) is 1. The molecule has 0 atom stereocenters. The Morgan fingerprint density at radius 2 is 1.96 bits per heavy atom. The Morgan fingerprint density at radius 1 is 1.20 bits per heavy atom. The van der Waals surface area contributed by atoms with Gasteiger partial charge in [-0.2, -0.15) is 0 Å². The molecule has 4 rings (SSSR count). The van der Waals surface area contributed by atoms with E-state index in [-0.39, 0.29) is 31.6 Å². The third kappa shape index (κ3) is 2.77. The van der Waals surface area contributed by atoms with Gasteiger partial charge in [-0.1, -0.05) is 12.8 Å². The molecular formula is C17H19N3O5. The first-order valence-corrected chi connectivity index (χ1v) is 8.41. The summed E-state index contributed by atoms with van der Waals surface area (Å²) >= 11 is 0. The van der Waals surface area contributed by atoms with E-state index in [1.807, 2.05) is 0 Å². The van der Waals surface area contributed by atoms with Crippen molar-refractivity contribution in [1.29, 1.82) is 0 Å². The van der Waals surface area contributed by atoms with Crippen LogP contribution in [0.3, 0.4) is 0 Å². The molecule has 2 N–H and O–H groups in total. The fourth-order valence-corrected chi connectivity index (χ4v) is 3.61. The van der Waals surface area contributed by atoms with Crippen LogP contribution in [0.25, 0.3) is 0 Å². The van der Waals surface area contributed by atoms with Gasteiger partial charge in [0.1, 0.15) is 5.54 Å². The van der Waals surface area contributed by atoms with Crippen LogP contribution in [-0.4, -0.2) is 41.6 Å². The van der Waals surface area contributed by atoms with Crippen LogP contribution >= 0.6 is 0 Å². The Hall–Kier alpha value is -2.77. The van der Waals surface area contributed by atoms with Gasteiger partial charge in [-0.3, -0.25) is 14.5 Å². The summed E-state index contributed by atoms with van der Waals surface area (Å²) in [6, 6.07) is 4.72. The summed E-state index contributed by atoms with van der Waals surface area (Å²) in [6.45, 7) is 0.240. The van der Waals surface area contributed by atoms with Crippen molar-refractivity contribution in [3.8, 4) is 11.5 Å². The molecular weight excluding hydrogens is 326 g/mol. The number of imide groups is 1. The molecule has 2 heterocycles. The third-order valence-electron chi connectivity index (χ3n) is 4.92. The van der Waals surface area contributed by atoms with Crippen molar-refractivity contribution in [2.45, 2.75) is 37.6 Å². The van der Waals surface area contributed by atoms with Crippen molar-refractivity contribution in [1.82, 2.24) is 10.2 Å². The molecule has 8 nitrogen and oxygen atoms in total. The molecule has 2 aliphatic heterocycles. The zero-order valence-corrected chi connectivity index (χ0v) is 13.7. The van der Waals surface area contributed by atoms with Crippen LogP contribution in [0.2, 0.25) is 0 Å². The number of carbonyl (C=O) groups excluding carboxylic acids is 3. The minimum Gasteiger partial charge on any atom is -0.454 e. The number of nitrogens with one attached hydrogen (secondary N) is 2. The highest BCUT2D eigenvalue weighted by atomic mass is 16.7. The van der Waals surface area contributed by atoms with Crippen LogP contribution < -0.4 is 20.1 Å². The molecule has 0 aromatic heterocycles. The molecule has 1 saturated carbocycles. The summed E-state index contributed by atoms with van der Waals surface area (Å²) in [5.74, 6) is 0.743. The van der Waals surface area contributed by atoms with Crippen LogP contribution in [0.5, 0.6) is 11.5 Å². The standard InChI is InChI=1S/C17H19N3O5/c21-14(18-11-3-4-12-13(9-11)25-10-24-12)5-8-20-15(22)17(19-16(20)23)6-1-2-7-17/h3-4,9H,1-2,5-8,10H2,(H,18,21)(H,19,23). The van der Waals surface area contributed by atoms with Crippen molar-refractivity contribution in [3.05, 3.63) is 18.2 Å². The lowest BCUT2D eigenvalue weighted by molar-refractivity contribution is -0.131. The number of carbonyl (C=O) groups is 3. The topological polar surface area (TPSA) is 97.0 Å². The quantitative estimate of drug-likeness (QED) is 0.808. The second kappa shape index (κ2) is 5.94. The van der Waals surface area contributed by atoms with E-state index in [9.17, 15) is 14.4 Å². The van der Waals surface area contributed by atoms with Gasteiger partial charge in [-0.05, 0) is 25.0 Å². The predicted octanol–water partition coefficient (Wildman–Crippen LogP) is 1.61. The van der Waals surface area contributed by atoms with E-state index in [2.05, 4.69) is 10.6 Å². The zero-order chi connectivity index (χ0) is 17.4. The number of hydrogen-bond acceptors (Lipinski definition) is 5. The SMILES string of the molecule is O=C(CCN1C(=O)NC2(CCCC2)C1=O)Nc1ccc2c(c1)OCO2. The summed E-state index contributed by atoms with van der Waals surface area (Å²) < 4.78 is 10.5. The maximum Gasteiger partial charge on any atom is 0.325 e. The van der Waals surface area contributed by atoms with Crippen LogP contribution in [-0.2, 0) is 9.59 Å². The fraction of sp³-hybridized carbons (Fsp3) is 0.471. The molecule has 8 heteroatoms. The molecule has 4 amide bonds. The molecule has 0 radical (unpaired) electrons. The fourth-order valence-electron chi connectivity index (χ4n) is 3.61. The molecule has 132 valence electrons. The Labute approximate surface area is 144 Å². The van der Waals surface area contributed by atoms with E-state index in [1.165, 1.54) is 0 Å². The normalized spacial score (nSPS) is 20.2. The minimum atomic E-state index is -0.731. The summed E-state index contributed by atoms with van der Waals surface area (Å²) in [4.78, 5) is 37.9. The number of amides is 4. The Balaban J connectivity index is 1.34. The van der Waals surface area contributed by atoms with Gasteiger partial charge in [-0.25, -0.2) is 4.79 Å². The Kier molecular flexibility index (Phi) is 3.74. The van der Waals surface area contributed by atoms with Gasteiger partial charge in [0, 0.05) is 24.7 Å². The van der Waals surface area contributed by atoms with E-state index >= 15 is 0 Å². The van der Waals surface area contributed by atoms with Gasteiger partial charge in [0.05, 0.1) is 0 Å². The predicted molar refractivity (Wildman–Crippen MR) is 87.3 cm³/mol. The van der Waals surface area contributed by atoms with Gasteiger partial charge in [0.15, 0.2) is 11.5 Å². The van der Waals surface area contributed by atoms with Gasteiger partial charge in [-0.15, -0.1) is 0 Å². The molecule has 1 aliphatic carbocycles. The average Bonchev–Trinajstić information content (AvgIpc) is 3.28. The van der Waals surface area contributed by atoms with Crippen LogP contribution in [0.4, 0.5) is 10.5 Å². The number of ether oxygens (including phenoxy) is 2. The third-order valence-corrected chi connectivity index (χ3v) is 4.92. The summed E-state index contributed by atoms with van der Waals surface area (Å²) in [6.07, 6.45) is 3.27. The first kappa shape index (κ1) is 15.7. The highest BCUT2D eigenvalue weighted by Gasteiger charge is 2.52. The van der Waals surface area contributed by atoms with Gasteiger partial charge >= 0.3 is 6.03 Å². The van der Waals surface area contributed by atoms with Crippen molar-refractivity contribution in [2.24, 2.45) is 0 Å². The summed E-state index contributed by atoms with van der Waals surface area (Å²) in [5, 5.41) is 5.55. The maximum atomic E-state index is 12.5. The molecule has 1 saturated heterocycles. The van der Waals surface area contributed by atoms with E-state index in [4.69, 9.17) is 9.47 Å². The highest BCUT2D eigenvalue weighted by molar-refractivity contribution is 6.07. The van der Waals surface area contributed by atoms with Crippen LogP contribution in [0, 0.1) is 0 Å². The van der Waals surface area contributed by atoms with E-state index < -0.39 is 11.6 Å². The first-order valence-electron chi connectivity index (χ1n) is 8.41. The Bertz CT molecular complexity index is 742. The molecule has 3 aliphatic rings. The lowest BCUT2D eigenvalue weighted by Crippen LogP contribution is -2.44. The molecule has 0 unspecified atom stereocenters. The largest absolute Gasteiger partial charge is 0.454 e. The number of urea groups is 1. The second-order valence-corrected chi connectivity index (χ2v) is 6.54. The number of anilines is 1. The zero-order valence-electron chi connectivity index (χ0n) is 13.7.